The van der Waals surface area contributed by atoms with Crippen LogP contribution in [-0.2, 0) is 17.4 Å². The molecule has 1 fully saturated rings. The number of aromatic nitrogens is 1. The average molecular weight is 505 g/mol. The number of aliphatic hydroxyl groups excluding tert-OH is 1. The van der Waals surface area contributed by atoms with Gasteiger partial charge in [0.15, 0.2) is 11.2 Å². The van der Waals surface area contributed by atoms with Gasteiger partial charge in [0, 0.05) is 30.6 Å². The maximum absolute atomic E-state index is 13.4. The zero-order valence-corrected chi connectivity index (χ0v) is 19.8. The number of nitrogens with zero attached hydrogens (tertiary/aromatic N) is 2. The van der Waals surface area contributed by atoms with Crippen LogP contribution in [0, 0.1) is 5.92 Å². The third-order valence-corrected chi connectivity index (χ3v) is 7.30. The lowest BCUT2D eigenvalue weighted by Crippen LogP contribution is -2.52. The summed E-state index contributed by atoms with van der Waals surface area (Å²) in [7, 11) is 3.70. The third-order valence-electron chi connectivity index (χ3n) is 7.09. The molecule has 0 unspecified atom stereocenters. The first kappa shape index (κ1) is 24.1. The molecule has 2 heterocycles. The van der Waals surface area contributed by atoms with E-state index in [1.807, 2.05) is 49.3 Å². The Labute approximate surface area is 205 Å². The Morgan fingerprint density at radius 3 is 2.34 bits per heavy atom. The molecule has 3 aromatic rings. The lowest BCUT2D eigenvalue weighted by atomic mass is 9.71. The van der Waals surface area contributed by atoms with Gasteiger partial charge in [-0.2, -0.15) is 13.2 Å². The van der Waals surface area contributed by atoms with Crippen LogP contribution < -0.4 is 4.74 Å². The largest absolute Gasteiger partial charge is 0.476 e. The molecular formula is C26H24ClF3N2O3. The number of hydrogen-bond acceptors (Lipinski definition) is 5. The predicted octanol–water partition coefficient (Wildman–Crippen LogP) is 4.57. The minimum absolute atomic E-state index is 0.108. The van der Waals surface area contributed by atoms with E-state index in [0.29, 0.717) is 12.1 Å². The summed E-state index contributed by atoms with van der Waals surface area (Å²) in [6, 6.07) is 15.3. The molecule has 5 atom stereocenters. The fraction of sp³-hybridized carbons (Fsp3) is 0.346. The number of fused-ring (bicyclic) bond motifs is 3. The topological polar surface area (TPSA) is 65.8 Å². The Morgan fingerprint density at radius 2 is 1.74 bits per heavy atom. The van der Waals surface area contributed by atoms with Crippen LogP contribution in [0.4, 0.5) is 13.2 Å². The first-order valence-corrected chi connectivity index (χ1v) is 11.5. The predicted molar refractivity (Wildman–Crippen MR) is 124 cm³/mol. The number of rotatable bonds is 4. The van der Waals surface area contributed by atoms with E-state index in [2.05, 4.69) is 4.98 Å². The van der Waals surface area contributed by atoms with Crippen LogP contribution in [0.3, 0.4) is 0 Å². The Bertz CT molecular complexity index is 1240. The van der Waals surface area contributed by atoms with Crippen molar-refractivity contribution >= 4 is 11.6 Å². The van der Waals surface area contributed by atoms with Crippen molar-refractivity contribution in [3.8, 4) is 5.75 Å². The molecule has 0 radical (unpaired) electrons. The van der Waals surface area contributed by atoms with E-state index in [0.717, 1.165) is 17.7 Å². The smallest absolute Gasteiger partial charge is 0.416 e. The van der Waals surface area contributed by atoms with Gasteiger partial charge >= 0.3 is 6.18 Å². The molecule has 0 bridgehead atoms. The van der Waals surface area contributed by atoms with Crippen LogP contribution >= 0.6 is 11.6 Å². The molecule has 2 aliphatic rings. The molecule has 0 spiro atoms. The number of pyridine rings is 1. The summed E-state index contributed by atoms with van der Waals surface area (Å²) in [5.41, 5.74) is -3.34. The summed E-state index contributed by atoms with van der Waals surface area (Å²) < 4.78 is 46.6. The lowest BCUT2D eigenvalue weighted by molar-refractivity contribution is -0.153. The number of benzene rings is 2. The number of hydrogen-bond donors (Lipinski definition) is 2. The molecular weight excluding hydrogens is 481 g/mol. The van der Waals surface area contributed by atoms with Crippen LogP contribution in [0.25, 0.3) is 0 Å². The monoisotopic (exact) mass is 504 g/mol. The van der Waals surface area contributed by atoms with Crippen molar-refractivity contribution in [3.05, 3.63) is 94.3 Å². The third kappa shape index (κ3) is 3.46. The van der Waals surface area contributed by atoms with Crippen molar-refractivity contribution in [2.45, 2.75) is 29.4 Å². The Morgan fingerprint density at radius 1 is 1.09 bits per heavy atom. The average Bonchev–Trinajstić information content (AvgIpc) is 3.16. The van der Waals surface area contributed by atoms with Gasteiger partial charge in [0.2, 0.25) is 0 Å². The molecule has 9 heteroatoms. The number of alkyl halides is 3. The number of ether oxygens (including phenoxy) is 1. The molecule has 35 heavy (non-hydrogen) atoms. The van der Waals surface area contributed by atoms with Crippen LogP contribution in [-0.4, -0.2) is 46.8 Å². The van der Waals surface area contributed by atoms with Gasteiger partial charge in [-0.15, -0.1) is 0 Å². The van der Waals surface area contributed by atoms with E-state index in [-0.39, 0.29) is 16.5 Å². The second-order valence-corrected chi connectivity index (χ2v) is 9.88. The highest BCUT2D eigenvalue weighted by atomic mass is 35.5. The SMILES string of the molecule is CN(C)C[C@H]1[C@@H](O)[C@@]2(O)c3ncc(Cl)cc3O[C@@]2(c2ccc(C(F)(F)F)cc2)[C@@H]1c1ccccc1. The molecule has 5 nitrogen and oxygen atoms in total. The second-order valence-electron chi connectivity index (χ2n) is 9.44. The van der Waals surface area contributed by atoms with Crippen molar-refractivity contribution in [3.63, 3.8) is 0 Å². The Balaban J connectivity index is 1.81. The lowest BCUT2D eigenvalue weighted by Gasteiger charge is -2.40. The van der Waals surface area contributed by atoms with Gasteiger partial charge in [-0.3, -0.25) is 4.98 Å². The van der Waals surface area contributed by atoms with Crippen LogP contribution in [0.1, 0.15) is 28.3 Å². The summed E-state index contributed by atoms with van der Waals surface area (Å²) in [4.78, 5) is 6.23. The van der Waals surface area contributed by atoms with Crippen LogP contribution in [0.5, 0.6) is 5.75 Å². The Hall–Kier alpha value is -2.65. The minimum atomic E-state index is -4.53. The fourth-order valence-electron chi connectivity index (χ4n) is 5.80. The van der Waals surface area contributed by atoms with Gasteiger partial charge in [-0.05, 0) is 37.4 Å². The highest BCUT2D eigenvalue weighted by Crippen LogP contribution is 2.68. The van der Waals surface area contributed by atoms with Crippen molar-refractivity contribution < 1.29 is 28.1 Å². The second kappa shape index (κ2) is 8.20. The van der Waals surface area contributed by atoms with Crippen molar-refractivity contribution in [2.75, 3.05) is 20.6 Å². The van der Waals surface area contributed by atoms with Gasteiger partial charge in [0.1, 0.15) is 11.4 Å². The van der Waals surface area contributed by atoms with Gasteiger partial charge in [0.25, 0.3) is 0 Å². The summed E-state index contributed by atoms with van der Waals surface area (Å²) in [5.74, 6) is -0.982. The molecule has 2 aromatic carbocycles. The molecule has 1 aromatic heterocycles. The van der Waals surface area contributed by atoms with Crippen molar-refractivity contribution in [2.24, 2.45) is 5.92 Å². The van der Waals surface area contributed by atoms with Crippen molar-refractivity contribution in [1.82, 2.24) is 9.88 Å². The molecule has 0 saturated heterocycles. The first-order valence-electron chi connectivity index (χ1n) is 11.1. The van der Waals surface area contributed by atoms with Crippen LogP contribution in [0.15, 0.2) is 66.9 Å². The maximum atomic E-state index is 13.4. The first-order chi connectivity index (χ1) is 16.5. The molecule has 1 saturated carbocycles. The molecule has 184 valence electrons. The summed E-state index contributed by atoms with van der Waals surface area (Å²) in [6.45, 7) is 0.387. The van der Waals surface area contributed by atoms with Crippen molar-refractivity contribution in [1.29, 1.82) is 0 Å². The van der Waals surface area contributed by atoms with E-state index in [4.69, 9.17) is 16.3 Å². The number of halogens is 4. The summed E-state index contributed by atoms with van der Waals surface area (Å²) in [5, 5.41) is 24.4. The summed E-state index contributed by atoms with van der Waals surface area (Å²) in [6.07, 6.45) is -4.51. The van der Waals surface area contributed by atoms with Gasteiger partial charge in [-0.1, -0.05) is 54.1 Å². The quantitative estimate of drug-likeness (QED) is 0.545. The highest BCUT2D eigenvalue weighted by Gasteiger charge is 2.76. The van der Waals surface area contributed by atoms with Gasteiger partial charge < -0.3 is 19.8 Å². The van der Waals surface area contributed by atoms with Crippen LogP contribution in [0.2, 0.25) is 5.02 Å². The molecule has 0 amide bonds. The standard InChI is InChI=1S/C26H24ClF3N2O3/c1-32(2)14-19-21(15-6-4-3-5-7-15)25(16-8-10-17(11-9-16)26(28,29)30)24(34,23(19)33)22-20(35-25)12-18(27)13-31-22/h3-13,19,21,23,33-34H,14H2,1-2H3/t19-,21-,23-,24+,25+/m1/s1. The van der Waals surface area contributed by atoms with E-state index in [9.17, 15) is 23.4 Å². The number of aliphatic hydroxyl groups is 2. The molecule has 1 aliphatic heterocycles. The zero-order valence-electron chi connectivity index (χ0n) is 19.0. The maximum Gasteiger partial charge on any atom is 0.416 e. The Kier molecular flexibility index (Phi) is 5.64. The van der Waals surface area contributed by atoms with E-state index in [1.54, 1.807) is 0 Å². The normalized spacial score (nSPS) is 29.7. The van der Waals surface area contributed by atoms with Gasteiger partial charge in [-0.25, -0.2) is 0 Å². The fourth-order valence-corrected chi connectivity index (χ4v) is 5.95. The van der Waals surface area contributed by atoms with E-state index < -0.39 is 40.9 Å². The molecule has 1 aliphatic carbocycles. The molecule has 5 rings (SSSR count). The van der Waals surface area contributed by atoms with E-state index >= 15 is 0 Å². The summed E-state index contributed by atoms with van der Waals surface area (Å²) >= 11 is 6.16. The molecule has 2 N–H and O–H groups in total. The highest BCUT2D eigenvalue weighted by molar-refractivity contribution is 6.30. The van der Waals surface area contributed by atoms with E-state index in [1.165, 1.54) is 24.4 Å². The minimum Gasteiger partial charge on any atom is -0.476 e. The zero-order chi connectivity index (χ0) is 25.2. The van der Waals surface area contributed by atoms with Gasteiger partial charge in [0.05, 0.1) is 16.7 Å².